The lowest BCUT2D eigenvalue weighted by Crippen LogP contribution is -2.40. The first-order valence-electron chi connectivity index (χ1n) is 7.11. The first-order chi connectivity index (χ1) is 8.20. The third-order valence-electron chi connectivity index (χ3n) is 4.32. The summed E-state index contributed by atoms with van der Waals surface area (Å²) < 4.78 is 5.18. The Balaban J connectivity index is 1.82. The molecule has 0 aromatic rings. The van der Waals surface area contributed by atoms with Gasteiger partial charge in [-0.05, 0) is 43.9 Å². The van der Waals surface area contributed by atoms with Crippen molar-refractivity contribution in [3.63, 3.8) is 0 Å². The molecule has 100 valence electrons. The molecule has 2 saturated carbocycles. The second-order valence-electron chi connectivity index (χ2n) is 5.96. The fraction of sp³-hybridized carbons (Fsp3) is 1.00. The largest absolute Gasteiger partial charge is 0.393 e. The number of hydrogen-bond acceptors (Lipinski definition) is 3. The van der Waals surface area contributed by atoms with Crippen molar-refractivity contribution in [2.45, 2.75) is 51.2 Å². The number of nitrogens with zero attached hydrogens (tertiary/aromatic N) is 1. The van der Waals surface area contributed by atoms with E-state index in [1.807, 2.05) is 0 Å². The third-order valence-corrected chi connectivity index (χ3v) is 4.32. The lowest BCUT2D eigenvalue weighted by Gasteiger charge is -2.35. The molecule has 3 nitrogen and oxygen atoms in total. The van der Waals surface area contributed by atoms with Crippen LogP contribution in [0.1, 0.15) is 39.0 Å². The van der Waals surface area contributed by atoms with E-state index in [1.165, 1.54) is 25.7 Å². The molecule has 3 atom stereocenters. The molecule has 0 aromatic heterocycles. The van der Waals surface area contributed by atoms with Crippen LogP contribution in [0.4, 0.5) is 0 Å². The Bertz CT molecular complexity index is 230. The van der Waals surface area contributed by atoms with Gasteiger partial charge in [0.15, 0.2) is 0 Å². The summed E-state index contributed by atoms with van der Waals surface area (Å²) >= 11 is 0. The molecular formula is C14H27NO2. The molecule has 0 spiro atoms. The predicted octanol–water partition coefficient (Wildman–Crippen LogP) is 1.89. The number of methoxy groups -OCH3 is 1. The van der Waals surface area contributed by atoms with Crippen molar-refractivity contribution in [1.29, 1.82) is 0 Å². The first-order valence-corrected chi connectivity index (χ1v) is 7.11. The first kappa shape index (κ1) is 13.3. The van der Waals surface area contributed by atoms with Crippen LogP contribution in [-0.2, 0) is 4.74 Å². The van der Waals surface area contributed by atoms with Gasteiger partial charge in [0.1, 0.15) is 0 Å². The molecule has 0 aliphatic heterocycles. The van der Waals surface area contributed by atoms with E-state index < -0.39 is 0 Å². The second-order valence-corrected chi connectivity index (χ2v) is 5.96. The Morgan fingerprint density at radius 2 is 2.00 bits per heavy atom. The zero-order valence-corrected chi connectivity index (χ0v) is 11.3. The molecule has 3 heteroatoms. The zero-order chi connectivity index (χ0) is 12.3. The van der Waals surface area contributed by atoms with Crippen molar-refractivity contribution in [1.82, 2.24) is 4.90 Å². The van der Waals surface area contributed by atoms with E-state index in [4.69, 9.17) is 4.74 Å². The molecule has 0 bridgehead atoms. The molecule has 2 aliphatic rings. The van der Waals surface area contributed by atoms with Crippen LogP contribution in [0.5, 0.6) is 0 Å². The average Bonchev–Trinajstić information content (AvgIpc) is 3.13. The minimum Gasteiger partial charge on any atom is -0.393 e. The van der Waals surface area contributed by atoms with Crippen LogP contribution >= 0.6 is 0 Å². The van der Waals surface area contributed by atoms with Crippen LogP contribution in [-0.4, -0.2) is 49.0 Å². The normalized spacial score (nSPS) is 34.2. The second kappa shape index (κ2) is 6.17. The highest BCUT2D eigenvalue weighted by molar-refractivity contribution is 4.88. The fourth-order valence-corrected chi connectivity index (χ4v) is 3.05. The number of ether oxygens (including phenoxy) is 1. The highest BCUT2D eigenvalue weighted by atomic mass is 16.5. The predicted molar refractivity (Wildman–Crippen MR) is 69.0 cm³/mol. The maximum absolute atomic E-state index is 10.1. The minimum absolute atomic E-state index is 0.0741. The van der Waals surface area contributed by atoms with Crippen molar-refractivity contribution in [2.24, 2.45) is 11.8 Å². The monoisotopic (exact) mass is 241 g/mol. The average molecular weight is 241 g/mol. The number of aliphatic hydroxyl groups excluding tert-OH is 1. The Morgan fingerprint density at radius 1 is 1.24 bits per heavy atom. The summed E-state index contributed by atoms with van der Waals surface area (Å²) in [5.74, 6) is 1.27. The maximum atomic E-state index is 10.1. The van der Waals surface area contributed by atoms with Crippen molar-refractivity contribution < 1.29 is 9.84 Å². The smallest absolute Gasteiger partial charge is 0.0589 e. The topological polar surface area (TPSA) is 32.7 Å². The molecule has 2 rings (SSSR count). The van der Waals surface area contributed by atoms with Gasteiger partial charge in [0, 0.05) is 26.2 Å². The summed E-state index contributed by atoms with van der Waals surface area (Å²) in [5.41, 5.74) is 0. The molecule has 17 heavy (non-hydrogen) atoms. The van der Waals surface area contributed by atoms with E-state index in [9.17, 15) is 5.11 Å². The SMILES string of the molecule is COCCN(CC1CC(C)CCC1O)C1CC1. The minimum atomic E-state index is -0.0741. The van der Waals surface area contributed by atoms with Crippen LogP contribution in [0.2, 0.25) is 0 Å². The molecule has 2 fully saturated rings. The summed E-state index contributed by atoms with van der Waals surface area (Å²) in [6.07, 6.45) is 5.98. The summed E-state index contributed by atoms with van der Waals surface area (Å²) in [4.78, 5) is 2.54. The molecule has 0 aromatic carbocycles. The van der Waals surface area contributed by atoms with E-state index in [0.29, 0.717) is 5.92 Å². The highest BCUT2D eigenvalue weighted by Gasteiger charge is 2.34. The molecule has 3 unspecified atom stereocenters. The Labute approximate surface area is 105 Å². The van der Waals surface area contributed by atoms with Gasteiger partial charge >= 0.3 is 0 Å². The Morgan fingerprint density at radius 3 is 2.65 bits per heavy atom. The number of rotatable bonds is 6. The van der Waals surface area contributed by atoms with Crippen molar-refractivity contribution in [3.8, 4) is 0 Å². The summed E-state index contributed by atoms with van der Waals surface area (Å²) in [6, 6.07) is 0.773. The lowest BCUT2D eigenvalue weighted by molar-refractivity contribution is 0.0238. The van der Waals surface area contributed by atoms with Gasteiger partial charge in [-0.1, -0.05) is 6.92 Å². The van der Waals surface area contributed by atoms with E-state index in [1.54, 1.807) is 7.11 Å². The maximum Gasteiger partial charge on any atom is 0.0589 e. The fourth-order valence-electron chi connectivity index (χ4n) is 3.05. The van der Waals surface area contributed by atoms with E-state index in [0.717, 1.165) is 38.1 Å². The molecule has 0 saturated heterocycles. The van der Waals surface area contributed by atoms with E-state index >= 15 is 0 Å². The molecule has 1 N–H and O–H groups in total. The summed E-state index contributed by atoms with van der Waals surface area (Å²) in [5, 5.41) is 10.1. The van der Waals surface area contributed by atoms with Gasteiger partial charge in [0.2, 0.25) is 0 Å². The van der Waals surface area contributed by atoms with E-state index in [2.05, 4.69) is 11.8 Å². The van der Waals surface area contributed by atoms with Crippen molar-refractivity contribution in [3.05, 3.63) is 0 Å². The van der Waals surface area contributed by atoms with Gasteiger partial charge in [0.25, 0.3) is 0 Å². The van der Waals surface area contributed by atoms with Crippen LogP contribution in [0.15, 0.2) is 0 Å². The highest BCUT2D eigenvalue weighted by Crippen LogP contribution is 2.33. The van der Waals surface area contributed by atoms with Gasteiger partial charge in [-0.3, -0.25) is 4.90 Å². The lowest BCUT2D eigenvalue weighted by atomic mass is 9.80. The van der Waals surface area contributed by atoms with Crippen LogP contribution in [0, 0.1) is 11.8 Å². The summed E-state index contributed by atoms with van der Waals surface area (Å²) in [7, 11) is 1.77. The van der Waals surface area contributed by atoms with Crippen molar-refractivity contribution in [2.75, 3.05) is 26.8 Å². The quantitative estimate of drug-likeness (QED) is 0.771. The zero-order valence-electron chi connectivity index (χ0n) is 11.3. The van der Waals surface area contributed by atoms with E-state index in [-0.39, 0.29) is 6.10 Å². The number of aliphatic hydroxyl groups is 1. The van der Waals surface area contributed by atoms with Gasteiger partial charge in [-0.25, -0.2) is 0 Å². The standard InChI is InChI=1S/C14H27NO2/c1-11-3-6-14(16)12(9-11)10-15(7-8-17-2)13-4-5-13/h11-14,16H,3-10H2,1-2H3. The number of hydrogen-bond donors (Lipinski definition) is 1. The Hall–Kier alpha value is -0.120. The van der Waals surface area contributed by atoms with Crippen molar-refractivity contribution >= 4 is 0 Å². The molecule has 0 heterocycles. The summed E-state index contributed by atoms with van der Waals surface area (Å²) in [6.45, 7) is 5.22. The third kappa shape index (κ3) is 3.94. The van der Waals surface area contributed by atoms with Gasteiger partial charge in [-0.15, -0.1) is 0 Å². The molecular weight excluding hydrogens is 214 g/mol. The molecule has 2 aliphatic carbocycles. The van der Waals surface area contributed by atoms with Gasteiger partial charge < -0.3 is 9.84 Å². The molecule has 0 amide bonds. The van der Waals surface area contributed by atoms with Crippen LogP contribution in [0.3, 0.4) is 0 Å². The Kier molecular flexibility index (Phi) is 4.83. The van der Waals surface area contributed by atoms with Crippen LogP contribution < -0.4 is 0 Å². The van der Waals surface area contributed by atoms with Gasteiger partial charge in [0.05, 0.1) is 12.7 Å². The van der Waals surface area contributed by atoms with Gasteiger partial charge in [-0.2, -0.15) is 0 Å². The molecule has 0 radical (unpaired) electrons. The van der Waals surface area contributed by atoms with Crippen LogP contribution in [0.25, 0.3) is 0 Å².